The van der Waals surface area contributed by atoms with Crippen molar-refractivity contribution >= 4 is 12.4 Å². The highest BCUT2D eigenvalue weighted by Crippen LogP contribution is 2.44. The molecule has 0 spiro atoms. The first-order chi connectivity index (χ1) is 36.9. The molecule has 2 N–H and O–H groups in total. The van der Waals surface area contributed by atoms with Gasteiger partial charge in [-0.15, -0.1) is 0 Å². The van der Waals surface area contributed by atoms with Gasteiger partial charge < -0.3 is 38.6 Å². The number of hydrogen-bond acceptors (Lipinski definition) is 10. The van der Waals surface area contributed by atoms with Gasteiger partial charge in [0.25, 0.3) is 0 Å². The number of ether oxygens (including phenoxy) is 6. The van der Waals surface area contributed by atoms with E-state index in [1.165, 1.54) is 0 Å². The second-order valence-electron chi connectivity index (χ2n) is 24.8. The Morgan fingerprint density at radius 1 is 0.372 bits per heavy atom. The van der Waals surface area contributed by atoms with Crippen LogP contribution in [0.4, 0.5) is 0 Å². The van der Waals surface area contributed by atoms with Crippen LogP contribution in [0.3, 0.4) is 0 Å². The van der Waals surface area contributed by atoms with Gasteiger partial charge in [0.2, 0.25) is 0 Å². The smallest absolute Gasteiger partial charge is 0.126 e. The quantitative estimate of drug-likeness (QED) is 0.0644. The summed E-state index contributed by atoms with van der Waals surface area (Å²) in [4.78, 5) is 8.87. The summed E-state index contributed by atoms with van der Waals surface area (Å²) in [5, 5.41) is 25.6. The number of rotatable bonds is 18. The molecule has 0 aliphatic heterocycles. The molecule has 0 saturated heterocycles. The monoisotopic (exact) mass is 1060 g/mol. The number of aliphatic imine (C=N–C) groups is 2. The largest absolute Gasteiger partial charge is 0.507 e. The van der Waals surface area contributed by atoms with Crippen LogP contribution in [0, 0.1) is 0 Å². The first kappa shape index (κ1) is 59.0. The maximum Gasteiger partial charge on any atom is 0.126 e. The Labute approximate surface area is 465 Å². The maximum absolute atomic E-state index is 12.8. The van der Waals surface area contributed by atoms with Crippen LogP contribution in [0.1, 0.15) is 161 Å². The number of phenols is 2. The lowest BCUT2D eigenvalue weighted by atomic mass is 9.79. The topological polar surface area (TPSA) is 121 Å². The van der Waals surface area contributed by atoms with Gasteiger partial charge in [-0.3, -0.25) is 9.98 Å². The summed E-state index contributed by atoms with van der Waals surface area (Å²) in [7, 11) is 3.34. The molecule has 416 valence electrons. The van der Waals surface area contributed by atoms with E-state index in [-0.39, 0.29) is 46.4 Å². The van der Waals surface area contributed by atoms with Gasteiger partial charge in [0.05, 0.1) is 26.3 Å². The van der Waals surface area contributed by atoms with Gasteiger partial charge in [0.1, 0.15) is 60.9 Å². The van der Waals surface area contributed by atoms with Crippen LogP contribution in [-0.4, -0.2) is 89.6 Å². The average Bonchev–Trinajstić information content (AvgIpc) is 3.44. The van der Waals surface area contributed by atoms with Crippen LogP contribution >= 0.6 is 0 Å². The summed E-state index contributed by atoms with van der Waals surface area (Å²) in [6.45, 7) is 30.2. The molecule has 0 radical (unpaired) electrons. The number of methoxy groups -OCH3 is 2. The highest BCUT2D eigenvalue weighted by molar-refractivity contribution is 5.80. The summed E-state index contributed by atoms with van der Waals surface area (Å²) < 4.78 is 36.7. The summed E-state index contributed by atoms with van der Waals surface area (Å²) >= 11 is 0. The van der Waals surface area contributed by atoms with E-state index in [9.17, 15) is 10.2 Å². The molecule has 0 fully saturated rings. The third-order valence-corrected chi connectivity index (χ3v) is 14.3. The molecule has 10 nitrogen and oxygen atoms in total. The zero-order valence-corrected chi connectivity index (χ0v) is 49.1. The Bertz CT molecular complexity index is 2730. The SMILES string of the molecule is COCCN=Cc1ccc(OCCOc2c3cc(C(C)(C)C)cc2Cc2cc(C(C)(C)C)cc(c2O)Cc2cc(C(C)(C)C)cc(c2OCCOc2ccc(C=NCCOC)cc2)Cc2cc(C(C)(C)C)cc(c2O)C3)cc1. The second-order valence-corrected chi connectivity index (χ2v) is 24.8. The van der Waals surface area contributed by atoms with Crippen LogP contribution in [0.15, 0.2) is 107 Å². The van der Waals surface area contributed by atoms with Crippen molar-refractivity contribution in [1.29, 1.82) is 0 Å². The van der Waals surface area contributed by atoms with Gasteiger partial charge >= 0.3 is 0 Å². The minimum Gasteiger partial charge on any atom is -0.507 e. The summed E-state index contributed by atoms with van der Waals surface area (Å²) in [6, 6.07) is 33.4. The van der Waals surface area contributed by atoms with Crippen LogP contribution in [0.25, 0.3) is 0 Å². The van der Waals surface area contributed by atoms with Crippen molar-refractivity contribution in [2.45, 2.75) is 130 Å². The van der Waals surface area contributed by atoms with Gasteiger partial charge in [-0.2, -0.15) is 0 Å². The number of benzene rings is 6. The molecule has 7 rings (SSSR count). The van der Waals surface area contributed by atoms with E-state index in [0.29, 0.717) is 65.2 Å². The summed E-state index contributed by atoms with van der Waals surface area (Å²) in [6.07, 6.45) is 5.29. The van der Waals surface area contributed by atoms with E-state index in [4.69, 9.17) is 28.4 Å². The van der Waals surface area contributed by atoms with Gasteiger partial charge in [-0.05, 0) is 148 Å². The van der Waals surface area contributed by atoms with Crippen molar-refractivity contribution in [3.63, 3.8) is 0 Å². The van der Waals surface area contributed by atoms with Crippen LogP contribution in [-0.2, 0) is 56.8 Å². The Morgan fingerprint density at radius 2 is 0.628 bits per heavy atom. The van der Waals surface area contributed by atoms with Crippen molar-refractivity contribution < 1.29 is 38.6 Å². The molecule has 1 aliphatic carbocycles. The molecule has 6 aromatic rings. The molecular weight excluding hydrogens is 973 g/mol. The molecule has 0 atom stereocenters. The van der Waals surface area contributed by atoms with Gasteiger partial charge in [0.15, 0.2) is 0 Å². The lowest BCUT2D eigenvalue weighted by Gasteiger charge is -2.28. The first-order valence-electron chi connectivity index (χ1n) is 27.6. The first-order valence-corrected chi connectivity index (χ1v) is 27.6. The van der Waals surface area contributed by atoms with E-state index in [2.05, 4.69) is 142 Å². The number of nitrogens with zero attached hydrogens (tertiary/aromatic N) is 2. The highest BCUT2D eigenvalue weighted by atomic mass is 16.5. The van der Waals surface area contributed by atoms with E-state index < -0.39 is 0 Å². The summed E-state index contributed by atoms with van der Waals surface area (Å²) in [5.74, 6) is 3.42. The fraction of sp³-hybridized carbons (Fsp3) is 0.441. The molecule has 0 amide bonds. The van der Waals surface area contributed by atoms with Crippen molar-refractivity contribution in [2.24, 2.45) is 9.98 Å². The minimum absolute atomic E-state index is 0.230. The minimum atomic E-state index is -0.239. The van der Waals surface area contributed by atoms with Crippen LogP contribution in [0.2, 0.25) is 0 Å². The predicted octanol–water partition coefficient (Wildman–Crippen LogP) is 14.0. The molecule has 1 aliphatic rings. The highest BCUT2D eigenvalue weighted by Gasteiger charge is 2.29. The number of phenolic OH excluding ortho intramolecular Hbond substituents is 2. The molecule has 0 saturated carbocycles. The van der Waals surface area contributed by atoms with Gasteiger partial charge in [-0.1, -0.05) is 132 Å². The zero-order chi connectivity index (χ0) is 56.4. The van der Waals surface area contributed by atoms with E-state index >= 15 is 0 Å². The molecular formula is C68H86N2O8. The lowest BCUT2D eigenvalue weighted by Crippen LogP contribution is -2.18. The molecule has 0 aromatic heterocycles. The fourth-order valence-electron chi connectivity index (χ4n) is 9.55. The van der Waals surface area contributed by atoms with Gasteiger partial charge in [0, 0.05) is 52.3 Å². The number of aromatic hydroxyl groups is 2. The molecule has 10 heteroatoms. The average molecular weight is 1060 g/mol. The molecule has 8 bridgehead atoms. The standard InChI is InChI=1S/C68H86N2O8/c1-65(2,3)55-35-47-31-51-39-57(67(7,8)9)41-53(63(51)77-29-27-75-59-19-15-45(16-20-59)43-69-23-25-73-13)33-49-37-56(66(4,5)6)38-50(62(49)72)34-54-42-58(68(10,11)12)40-52(32-48(36-55)61(47)71)64(54)78-30-28-76-60-21-17-46(18-22-60)44-70-24-26-74-14/h15-22,35-44,71-72H,23-34H2,1-14H3. The normalized spacial score (nSPS) is 13.3. The molecule has 0 heterocycles. The van der Waals surface area contributed by atoms with Crippen molar-refractivity contribution in [2.75, 3.05) is 67.0 Å². The van der Waals surface area contributed by atoms with E-state index in [0.717, 1.165) is 101 Å². The predicted molar refractivity (Wildman–Crippen MR) is 319 cm³/mol. The Kier molecular flexibility index (Phi) is 19.3. The second kappa shape index (κ2) is 25.4. The van der Waals surface area contributed by atoms with Crippen LogP contribution in [0.5, 0.6) is 34.5 Å². The molecule has 78 heavy (non-hydrogen) atoms. The Morgan fingerprint density at radius 3 is 0.885 bits per heavy atom. The van der Waals surface area contributed by atoms with E-state index in [1.807, 2.05) is 61.0 Å². The Balaban J connectivity index is 1.35. The van der Waals surface area contributed by atoms with Crippen molar-refractivity contribution in [1.82, 2.24) is 0 Å². The number of fused-ring (bicyclic) bond motifs is 8. The maximum atomic E-state index is 12.8. The molecule has 0 unspecified atom stereocenters. The Hall–Kier alpha value is -6.62. The van der Waals surface area contributed by atoms with E-state index in [1.54, 1.807) is 14.2 Å². The third-order valence-electron chi connectivity index (χ3n) is 14.3. The molecule has 6 aromatic carbocycles. The van der Waals surface area contributed by atoms with Gasteiger partial charge in [-0.25, -0.2) is 0 Å². The number of hydrogen-bond donors (Lipinski definition) is 2. The van der Waals surface area contributed by atoms with Crippen molar-refractivity contribution in [3.05, 3.63) is 175 Å². The fourth-order valence-corrected chi connectivity index (χ4v) is 9.55. The van der Waals surface area contributed by atoms with Crippen molar-refractivity contribution in [3.8, 4) is 34.5 Å². The zero-order valence-electron chi connectivity index (χ0n) is 49.1. The van der Waals surface area contributed by atoms with Crippen LogP contribution < -0.4 is 18.9 Å². The summed E-state index contributed by atoms with van der Waals surface area (Å²) in [5.41, 5.74) is 12.6. The lowest BCUT2D eigenvalue weighted by molar-refractivity contribution is 0.208. The third kappa shape index (κ3) is 15.8.